The molecule has 1 aromatic carbocycles. The molecule has 1 heterocycles. The summed E-state index contributed by atoms with van der Waals surface area (Å²) in [4.78, 5) is 2.19. The topological polar surface area (TPSA) is 64.3 Å². The second-order valence-corrected chi connectivity index (χ2v) is 6.14. The fraction of sp³-hybridized carbons (Fsp3) is 0.500. The summed E-state index contributed by atoms with van der Waals surface area (Å²) in [7, 11) is 3.27. The van der Waals surface area contributed by atoms with Gasteiger partial charge in [-0.25, -0.2) is 0 Å². The summed E-state index contributed by atoms with van der Waals surface area (Å²) >= 11 is 0. The van der Waals surface area contributed by atoms with Crippen molar-refractivity contribution in [1.82, 2.24) is 4.90 Å². The predicted molar refractivity (Wildman–Crippen MR) is 99.5 cm³/mol. The van der Waals surface area contributed by atoms with E-state index < -0.39 is 6.10 Å². The smallest absolute Gasteiger partial charge is 0.165 e. The Morgan fingerprint density at radius 1 is 1.15 bits per heavy atom. The molecule has 0 aliphatic carbocycles. The van der Waals surface area contributed by atoms with Crippen molar-refractivity contribution in [2.45, 2.75) is 32.6 Å². The lowest BCUT2D eigenvalue weighted by Gasteiger charge is -2.25. The number of benzene rings is 1. The van der Waals surface area contributed by atoms with Crippen LogP contribution in [0.3, 0.4) is 0 Å². The standard InChI is InChI=1S/C20H29NO5/c1-4-10-21(12-16-7-5-9-19(23-2)20(16)24-3)13-17(22)14-25-15-18-8-6-11-26-18/h5-9,11,17,22H,4,10,12-15H2,1-3H3/t17-/m1/s1. The molecule has 0 saturated heterocycles. The first-order valence-corrected chi connectivity index (χ1v) is 8.88. The van der Waals surface area contributed by atoms with Crippen molar-refractivity contribution in [2.24, 2.45) is 0 Å². The third-order valence-corrected chi connectivity index (χ3v) is 4.02. The van der Waals surface area contributed by atoms with Crippen LogP contribution in [-0.2, 0) is 17.9 Å². The van der Waals surface area contributed by atoms with Gasteiger partial charge in [0.1, 0.15) is 12.4 Å². The van der Waals surface area contributed by atoms with Crippen LogP contribution in [0, 0.1) is 0 Å². The summed E-state index contributed by atoms with van der Waals surface area (Å²) in [6, 6.07) is 9.52. The Kier molecular flexibility index (Phi) is 8.47. The molecule has 0 aliphatic heterocycles. The van der Waals surface area contributed by atoms with E-state index in [1.807, 2.05) is 30.3 Å². The van der Waals surface area contributed by atoms with Gasteiger partial charge in [-0.05, 0) is 31.2 Å². The van der Waals surface area contributed by atoms with Gasteiger partial charge in [0.25, 0.3) is 0 Å². The summed E-state index contributed by atoms with van der Waals surface area (Å²) in [5.41, 5.74) is 1.03. The average Bonchev–Trinajstić information content (AvgIpc) is 3.15. The molecule has 0 saturated carbocycles. The summed E-state index contributed by atoms with van der Waals surface area (Å²) < 4.78 is 21.6. The van der Waals surface area contributed by atoms with Gasteiger partial charge in [0.05, 0.1) is 33.2 Å². The van der Waals surface area contributed by atoms with E-state index in [9.17, 15) is 5.11 Å². The highest BCUT2D eigenvalue weighted by Gasteiger charge is 2.16. The molecule has 0 radical (unpaired) electrons. The Morgan fingerprint density at radius 2 is 2.00 bits per heavy atom. The van der Waals surface area contributed by atoms with Gasteiger partial charge in [-0.1, -0.05) is 19.1 Å². The molecular weight excluding hydrogens is 334 g/mol. The quantitative estimate of drug-likeness (QED) is 0.625. The Balaban J connectivity index is 1.91. The van der Waals surface area contributed by atoms with Crippen LogP contribution in [0.25, 0.3) is 0 Å². The Bertz CT molecular complexity index is 629. The van der Waals surface area contributed by atoms with Crippen molar-refractivity contribution in [2.75, 3.05) is 33.9 Å². The monoisotopic (exact) mass is 363 g/mol. The second kappa shape index (κ2) is 10.9. The largest absolute Gasteiger partial charge is 0.493 e. The van der Waals surface area contributed by atoms with Gasteiger partial charge in [-0.2, -0.15) is 0 Å². The van der Waals surface area contributed by atoms with Gasteiger partial charge < -0.3 is 23.7 Å². The molecule has 0 amide bonds. The zero-order valence-corrected chi connectivity index (χ0v) is 15.8. The van der Waals surface area contributed by atoms with E-state index in [-0.39, 0.29) is 6.61 Å². The first kappa shape index (κ1) is 20.3. The van der Waals surface area contributed by atoms with Gasteiger partial charge in [0.15, 0.2) is 11.5 Å². The van der Waals surface area contributed by atoms with Crippen LogP contribution in [0.1, 0.15) is 24.7 Å². The molecule has 2 aromatic rings. The van der Waals surface area contributed by atoms with E-state index in [0.717, 1.165) is 30.0 Å². The number of hydrogen-bond donors (Lipinski definition) is 1. The fourth-order valence-corrected chi connectivity index (χ4v) is 2.91. The average molecular weight is 363 g/mol. The molecular formula is C20H29NO5. The van der Waals surface area contributed by atoms with E-state index in [1.54, 1.807) is 20.5 Å². The molecule has 0 unspecified atom stereocenters. The number of rotatable bonds is 12. The Hall–Kier alpha value is -2.02. The normalized spacial score (nSPS) is 12.3. The third-order valence-electron chi connectivity index (χ3n) is 4.02. The van der Waals surface area contributed by atoms with Crippen LogP contribution in [-0.4, -0.2) is 50.0 Å². The van der Waals surface area contributed by atoms with Gasteiger partial charge in [-0.15, -0.1) is 0 Å². The molecule has 0 spiro atoms. The molecule has 2 rings (SSSR count). The van der Waals surface area contributed by atoms with Crippen molar-refractivity contribution >= 4 is 0 Å². The van der Waals surface area contributed by atoms with E-state index in [2.05, 4.69) is 11.8 Å². The number of aliphatic hydroxyl groups excluding tert-OH is 1. The molecule has 144 valence electrons. The third kappa shape index (κ3) is 6.05. The van der Waals surface area contributed by atoms with Gasteiger partial charge >= 0.3 is 0 Å². The molecule has 6 heteroatoms. The molecule has 1 atom stereocenters. The SMILES string of the molecule is CCCN(Cc1cccc(OC)c1OC)C[C@@H](O)COCc1ccco1. The predicted octanol–water partition coefficient (Wildman–Crippen LogP) is 3.09. The second-order valence-electron chi connectivity index (χ2n) is 6.14. The van der Waals surface area contributed by atoms with E-state index in [1.165, 1.54) is 0 Å². The minimum absolute atomic E-state index is 0.260. The van der Waals surface area contributed by atoms with Gasteiger partial charge in [-0.3, -0.25) is 4.90 Å². The van der Waals surface area contributed by atoms with E-state index in [0.29, 0.717) is 25.4 Å². The molecule has 0 aliphatic rings. The minimum atomic E-state index is -0.576. The van der Waals surface area contributed by atoms with Crippen molar-refractivity contribution < 1.29 is 23.7 Å². The van der Waals surface area contributed by atoms with Gasteiger partial charge in [0.2, 0.25) is 0 Å². The van der Waals surface area contributed by atoms with Crippen molar-refractivity contribution in [1.29, 1.82) is 0 Å². The number of aliphatic hydroxyl groups is 1. The Morgan fingerprint density at radius 3 is 2.65 bits per heavy atom. The lowest BCUT2D eigenvalue weighted by Crippen LogP contribution is -2.35. The summed E-state index contributed by atoms with van der Waals surface area (Å²) in [6.07, 6.45) is 2.03. The van der Waals surface area contributed by atoms with Gasteiger partial charge in [0, 0.05) is 18.7 Å². The lowest BCUT2D eigenvalue weighted by molar-refractivity contribution is 0.00377. The fourth-order valence-electron chi connectivity index (χ4n) is 2.91. The zero-order valence-electron chi connectivity index (χ0n) is 15.8. The first-order valence-electron chi connectivity index (χ1n) is 8.88. The maximum atomic E-state index is 10.3. The van der Waals surface area contributed by atoms with Crippen molar-refractivity contribution in [3.63, 3.8) is 0 Å². The maximum Gasteiger partial charge on any atom is 0.165 e. The highest BCUT2D eigenvalue weighted by Crippen LogP contribution is 2.31. The summed E-state index contributed by atoms with van der Waals surface area (Å²) in [5.74, 6) is 2.20. The van der Waals surface area contributed by atoms with Crippen LogP contribution in [0.4, 0.5) is 0 Å². The number of ether oxygens (including phenoxy) is 3. The summed E-state index contributed by atoms with van der Waals surface area (Å²) in [6.45, 7) is 4.80. The number of nitrogens with zero attached hydrogens (tertiary/aromatic N) is 1. The molecule has 1 N–H and O–H groups in total. The van der Waals surface area contributed by atoms with Crippen molar-refractivity contribution in [3.05, 3.63) is 47.9 Å². The van der Waals surface area contributed by atoms with E-state index in [4.69, 9.17) is 18.6 Å². The van der Waals surface area contributed by atoms with Crippen LogP contribution < -0.4 is 9.47 Å². The Labute approximate surface area is 155 Å². The van der Waals surface area contributed by atoms with Crippen LogP contribution in [0.5, 0.6) is 11.5 Å². The number of para-hydroxylation sites is 1. The lowest BCUT2D eigenvalue weighted by atomic mass is 10.1. The highest BCUT2D eigenvalue weighted by molar-refractivity contribution is 5.46. The first-order chi connectivity index (χ1) is 12.7. The zero-order chi connectivity index (χ0) is 18.8. The van der Waals surface area contributed by atoms with E-state index >= 15 is 0 Å². The minimum Gasteiger partial charge on any atom is -0.493 e. The molecule has 0 bridgehead atoms. The molecule has 0 fully saturated rings. The number of hydrogen-bond acceptors (Lipinski definition) is 6. The van der Waals surface area contributed by atoms with Crippen molar-refractivity contribution in [3.8, 4) is 11.5 Å². The van der Waals surface area contributed by atoms with Crippen LogP contribution in [0.2, 0.25) is 0 Å². The number of furan rings is 1. The maximum absolute atomic E-state index is 10.3. The van der Waals surface area contributed by atoms with Crippen LogP contribution in [0.15, 0.2) is 41.0 Å². The molecule has 1 aromatic heterocycles. The summed E-state index contributed by atoms with van der Waals surface area (Å²) in [5, 5.41) is 10.3. The highest BCUT2D eigenvalue weighted by atomic mass is 16.5. The van der Waals surface area contributed by atoms with Crippen LogP contribution >= 0.6 is 0 Å². The molecule has 6 nitrogen and oxygen atoms in total. The molecule has 26 heavy (non-hydrogen) atoms. The number of methoxy groups -OCH3 is 2.